The zero-order valence-corrected chi connectivity index (χ0v) is 11.5. The van der Waals surface area contributed by atoms with Crippen LogP contribution in [0.1, 0.15) is 37.9 Å². The predicted molar refractivity (Wildman–Crippen MR) is 74.9 cm³/mol. The molecule has 1 saturated heterocycles. The summed E-state index contributed by atoms with van der Waals surface area (Å²) in [5.41, 5.74) is 5.89. The molecule has 5 nitrogen and oxygen atoms in total. The van der Waals surface area contributed by atoms with Gasteiger partial charge >= 0.3 is 0 Å². The summed E-state index contributed by atoms with van der Waals surface area (Å²) in [7, 11) is 1.65. The van der Waals surface area contributed by atoms with Crippen molar-refractivity contribution in [3.63, 3.8) is 0 Å². The number of nitrogens with two attached hydrogens (primary N) is 1. The van der Waals surface area contributed by atoms with Crippen LogP contribution in [0.15, 0.2) is 6.07 Å². The fraction of sp³-hybridized carbons (Fsp3) is 0.714. The smallest absolute Gasteiger partial charge is 0.158 e. The number of anilines is 2. The summed E-state index contributed by atoms with van der Waals surface area (Å²) in [6.45, 7) is 1.51. The molecule has 1 aromatic heterocycles. The van der Waals surface area contributed by atoms with E-state index < -0.39 is 0 Å². The maximum Gasteiger partial charge on any atom is 0.158 e. The van der Waals surface area contributed by atoms with Crippen LogP contribution in [0.5, 0.6) is 0 Å². The number of ether oxygens (including phenoxy) is 1. The third kappa shape index (κ3) is 2.52. The number of fused-ring (bicyclic) bond motifs is 1. The first-order valence-corrected chi connectivity index (χ1v) is 7.17. The largest absolute Gasteiger partial charge is 0.384 e. The van der Waals surface area contributed by atoms with Crippen molar-refractivity contribution in [1.29, 1.82) is 0 Å². The van der Waals surface area contributed by atoms with Crippen molar-refractivity contribution < 1.29 is 4.74 Å². The molecule has 2 fully saturated rings. The molecule has 19 heavy (non-hydrogen) atoms. The van der Waals surface area contributed by atoms with Crippen molar-refractivity contribution in [2.24, 2.45) is 5.92 Å². The van der Waals surface area contributed by atoms with Gasteiger partial charge in [0.25, 0.3) is 0 Å². The Kier molecular flexibility index (Phi) is 3.55. The Morgan fingerprint density at radius 1 is 1.32 bits per heavy atom. The molecule has 1 aromatic rings. The Morgan fingerprint density at radius 3 is 3.00 bits per heavy atom. The van der Waals surface area contributed by atoms with Crippen molar-refractivity contribution in [1.82, 2.24) is 9.97 Å². The standard InChI is InChI=1S/C14H22N4O/c1-19-9-13-16-12(15)8-14(17-13)18-7-6-10-4-2-3-5-11(10)18/h8,10-11H,2-7,9H2,1H3,(H2,15,16,17). The minimum atomic E-state index is 0.417. The van der Waals surface area contributed by atoms with Gasteiger partial charge < -0.3 is 15.4 Å². The van der Waals surface area contributed by atoms with Crippen molar-refractivity contribution in [2.75, 3.05) is 24.3 Å². The van der Waals surface area contributed by atoms with Crippen molar-refractivity contribution >= 4 is 11.6 Å². The normalized spacial score (nSPS) is 26.5. The lowest BCUT2D eigenvalue weighted by Crippen LogP contribution is -2.35. The quantitative estimate of drug-likeness (QED) is 0.902. The van der Waals surface area contributed by atoms with Crippen LogP contribution in [0.25, 0.3) is 0 Å². The lowest BCUT2D eigenvalue weighted by molar-refractivity contribution is 0.178. The molecule has 0 bridgehead atoms. The van der Waals surface area contributed by atoms with Crippen LogP contribution < -0.4 is 10.6 Å². The predicted octanol–water partition coefficient (Wildman–Crippen LogP) is 1.97. The lowest BCUT2D eigenvalue weighted by Gasteiger charge is -2.32. The van der Waals surface area contributed by atoms with E-state index in [4.69, 9.17) is 10.5 Å². The van der Waals surface area contributed by atoms with Crippen LogP contribution in [0.3, 0.4) is 0 Å². The van der Waals surface area contributed by atoms with Crippen molar-refractivity contribution in [3.8, 4) is 0 Å². The second kappa shape index (κ2) is 5.33. The van der Waals surface area contributed by atoms with E-state index in [0.717, 1.165) is 18.3 Å². The molecule has 0 aromatic carbocycles. The number of nitrogen functional groups attached to an aromatic ring is 1. The molecule has 0 spiro atoms. The molecule has 0 amide bonds. The molecular formula is C14H22N4O. The number of hydrogen-bond donors (Lipinski definition) is 1. The highest BCUT2D eigenvalue weighted by Crippen LogP contribution is 2.38. The monoisotopic (exact) mass is 262 g/mol. The minimum absolute atomic E-state index is 0.417. The summed E-state index contributed by atoms with van der Waals surface area (Å²) in [5.74, 6) is 3.04. The van der Waals surface area contributed by atoms with E-state index in [1.54, 1.807) is 7.11 Å². The van der Waals surface area contributed by atoms with Gasteiger partial charge in [-0.1, -0.05) is 12.8 Å². The molecule has 2 atom stereocenters. The summed E-state index contributed by atoms with van der Waals surface area (Å²) < 4.78 is 5.11. The Bertz CT molecular complexity index is 451. The van der Waals surface area contributed by atoms with Crippen LogP contribution in [0.2, 0.25) is 0 Å². The van der Waals surface area contributed by atoms with E-state index in [9.17, 15) is 0 Å². The lowest BCUT2D eigenvalue weighted by atomic mass is 9.85. The van der Waals surface area contributed by atoms with E-state index in [1.165, 1.54) is 32.1 Å². The Balaban J connectivity index is 1.85. The molecule has 1 aliphatic heterocycles. The van der Waals surface area contributed by atoms with Crippen LogP contribution >= 0.6 is 0 Å². The van der Waals surface area contributed by atoms with Gasteiger partial charge in [-0.25, -0.2) is 9.97 Å². The first-order chi connectivity index (χ1) is 9.28. The van der Waals surface area contributed by atoms with Crippen LogP contribution in [-0.4, -0.2) is 29.7 Å². The van der Waals surface area contributed by atoms with E-state index in [2.05, 4.69) is 14.9 Å². The van der Waals surface area contributed by atoms with Crippen LogP contribution in [0.4, 0.5) is 11.6 Å². The molecule has 5 heteroatoms. The van der Waals surface area contributed by atoms with Gasteiger partial charge in [0.05, 0.1) is 0 Å². The molecule has 0 radical (unpaired) electrons. The first kappa shape index (κ1) is 12.7. The van der Waals surface area contributed by atoms with Crippen LogP contribution in [-0.2, 0) is 11.3 Å². The zero-order valence-electron chi connectivity index (χ0n) is 11.5. The minimum Gasteiger partial charge on any atom is -0.384 e. The molecule has 2 N–H and O–H groups in total. The number of hydrogen-bond acceptors (Lipinski definition) is 5. The SMILES string of the molecule is COCc1nc(N)cc(N2CCC3CCCCC32)n1. The molecule has 2 heterocycles. The summed E-state index contributed by atoms with van der Waals surface area (Å²) >= 11 is 0. The maximum atomic E-state index is 5.89. The molecular weight excluding hydrogens is 240 g/mol. The van der Waals surface area contributed by atoms with E-state index in [-0.39, 0.29) is 0 Å². The molecule has 104 valence electrons. The average Bonchev–Trinajstić information content (AvgIpc) is 2.82. The number of aromatic nitrogens is 2. The third-order valence-electron chi connectivity index (χ3n) is 4.36. The third-order valence-corrected chi connectivity index (χ3v) is 4.36. The summed E-state index contributed by atoms with van der Waals surface area (Å²) in [4.78, 5) is 11.3. The molecule has 1 aliphatic carbocycles. The Hall–Kier alpha value is -1.36. The summed E-state index contributed by atoms with van der Waals surface area (Å²) in [6.07, 6.45) is 6.66. The molecule has 2 unspecified atom stereocenters. The highest BCUT2D eigenvalue weighted by molar-refractivity contribution is 5.49. The number of nitrogens with zero attached hydrogens (tertiary/aromatic N) is 3. The van der Waals surface area contributed by atoms with E-state index in [1.807, 2.05) is 6.07 Å². The summed E-state index contributed by atoms with van der Waals surface area (Å²) in [5, 5.41) is 0. The average molecular weight is 262 g/mol. The van der Waals surface area contributed by atoms with Gasteiger partial charge in [0.2, 0.25) is 0 Å². The van der Waals surface area contributed by atoms with Crippen molar-refractivity contribution in [2.45, 2.75) is 44.8 Å². The molecule has 3 rings (SSSR count). The Morgan fingerprint density at radius 2 is 2.16 bits per heavy atom. The van der Waals surface area contributed by atoms with Gasteiger partial charge in [-0.2, -0.15) is 0 Å². The van der Waals surface area contributed by atoms with Gasteiger partial charge in [-0.05, 0) is 25.2 Å². The van der Waals surface area contributed by atoms with Gasteiger partial charge in [-0.15, -0.1) is 0 Å². The zero-order chi connectivity index (χ0) is 13.2. The van der Waals surface area contributed by atoms with Gasteiger partial charge in [0, 0.05) is 25.8 Å². The number of rotatable bonds is 3. The van der Waals surface area contributed by atoms with Crippen LogP contribution in [0, 0.1) is 5.92 Å². The topological polar surface area (TPSA) is 64.3 Å². The Labute approximate surface area is 114 Å². The van der Waals surface area contributed by atoms with E-state index in [0.29, 0.717) is 24.3 Å². The maximum absolute atomic E-state index is 5.89. The summed E-state index contributed by atoms with van der Waals surface area (Å²) in [6, 6.07) is 2.55. The fourth-order valence-electron chi connectivity index (χ4n) is 3.53. The second-order valence-corrected chi connectivity index (χ2v) is 5.59. The first-order valence-electron chi connectivity index (χ1n) is 7.17. The fourth-order valence-corrected chi connectivity index (χ4v) is 3.53. The van der Waals surface area contributed by atoms with Gasteiger partial charge in [0.15, 0.2) is 5.82 Å². The highest BCUT2D eigenvalue weighted by Gasteiger charge is 2.36. The molecule has 2 aliphatic rings. The second-order valence-electron chi connectivity index (χ2n) is 5.59. The van der Waals surface area contributed by atoms with Crippen molar-refractivity contribution in [3.05, 3.63) is 11.9 Å². The number of methoxy groups -OCH3 is 1. The van der Waals surface area contributed by atoms with E-state index >= 15 is 0 Å². The van der Waals surface area contributed by atoms with Gasteiger partial charge in [-0.3, -0.25) is 0 Å². The molecule has 1 saturated carbocycles. The van der Waals surface area contributed by atoms with Gasteiger partial charge in [0.1, 0.15) is 18.2 Å². The highest BCUT2D eigenvalue weighted by atomic mass is 16.5.